The Morgan fingerprint density at radius 2 is 1.72 bits per heavy atom. The first-order valence-corrected chi connectivity index (χ1v) is 14.7. The predicted molar refractivity (Wildman–Crippen MR) is 167 cm³/mol. The number of aromatic amines is 1. The van der Waals surface area contributed by atoms with Crippen LogP contribution in [0.1, 0.15) is 47.4 Å². The van der Waals surface area contributed by atoms with Crippen LogP contribution in [0.2, 0.25) is 5.02 Å². The van der Waals surface area contributed by atoms with Gasteiger partial charge in [0.05, 0.1) is 42.1 Å². The number of carbonyl (C=O) groups is 3. The number of aromatic nitrogens is 3. The van der Waals surface area contributed by atoms with E-state index in [0.29, 0.717) is 11.4 Å². The van der Waals surface area contributed by atoms with Gasteiger partial charge in [0.2, 0.25) is 29.0 Å². The molecule has 2 aliphatic rings. The van der Waals surface area contributed by atoms with Crippen molar-refractivity contribution < 1.29 is 47.9 Å². The van der Waals surface area contributed by atoms with Crippen LogP contribution in [0.3, 0.4) is 0 Å². The average molecular weight is 672 g/mol. The molecule has 15 nitrogen and oxygen atoms in total. The number of carbonyl (C=O) groups excluding carboxylic acids is 3. The lowest BCUT2D eigenvalue weighted by Crippen LogP contribution is -2.53. The molecule has 0 saturated heterocycles. The Morgan fingerprint density at radius 3 is 2.28 bits per heavy atom. The minimum Gasteiger partial charge on any atom is -0.507 e. The molecule has 47 heavy (non-hydrogen) atoms. The molecule has 3 aromatic rings. The summed E-state index contributed by atoms with van der Waals surface area (Å²) in [5.74, 6) is -3.08. The number of ether oxygens (including phenoxy) is 6. The van der Waals surface area contributed by atoms with Crippen LogP contribution in [0.25, 0.3) is 0 Å². The van der Waals surface area contributed by atoms with Crippen LogP contribution >= 0.6 is 11.6 Å². The van der Waals surface area contributed by atoms with E-state index < -0.39 is 40.7 Å². The molecule has 0 radical (unpaired) electrons. The van der Waals surface area contributed by atoms with Gasteiger partial charge in [0.25, 0.3) is 0 Å². The van der Waals surface area contributed by atoms with E-state index in [0.717, 1.165) is 0 Å². The third kappa shape index (κ3) is 5.49. The quantitative estimate of drug-likeness (QED) is 0.231. The number of ketones is 2. The number of anilines is 1. The number of rotatable bonds is 11. The summed E-state index contributed by atoms with van der Waals surface area (Å²) in [5.41, 5.74) is 3.62. The van der Waals surface area contributed by atoms with Gasteiger partial charge >= 0.3 is 0 Å². The van der Waals surface area contributed by atoms with Gasteiger partial charge in [-0.15, -0.1) is 5.10 Å². The molecule has 250 valence electrons. The molecule has 1 spiro atoms. The van der Waals surface area contributed by atoms with Gasteiger partial charge in [-0.25, -0.2) is 0 Å². The van der Waals surface area contributed by atoms with E-state index >= 15 is 0 Å². The van der Waals surface area contributed by atoms with E-state index in [2.05, 4.69) is 20.5 Å². The summed E-state index contributed by atoms with van der Waals surface area (Å²) < 4.78 is 33.6. The largest absolute Gasteiger partial charge is 0.507 e. The number of nitrogens with two attached hydrogens (primary N) is 1. The molecular formula is C31H34ClN5O10. The molecule has 16 heteroatoms. The summed E-state index contributed by atoms with van der Waals surface area (Å²) in [4.78, 5) is 45.7. The van der Waals surface area contributed by atoms with E-state index in [1.807, 2.05) is 0 Å². The van der Waals surface area contributed by atoms with Crippen LogP contribution < -0.4 is 39.5 Å². The summed E-state index contributed by atoms with van der Waals surface area (Å²) >= 11 is 6.59. The highest BCUT2D eigenvalue weighted by atomic mass is 35.5. The van der Waals surface area contributed by atoms with Gasteiger partial charge in [-0.2, -0.15) is 4.98 Å². The highest BCUT2D eigenvalue weighted by Crippen LogP contribution is 2.56. The van der Waals surface area contributed by atoms with Crippen molar-refractivity contribution in [2.45, 2.75) is 37.8 Å². The lowest BCUT2D eigenvalue weighted by molar-refractivity contribution is -0.122. The second kappa shape index (κ2) is 12.9. The number of Topliss-reactive ketones (excluding diaryl/α,β-unsaturated/α-hetero) is 2. The van der Waals surface area contributed by atoms with Crippen LogP contribution in [0, 0.1) is 5.92 Å². The number of nitrogens with zero attached hydrogens (tertiary/aromatic N) is 2. The Morgan fingerprint density at radius 1 is 1.09 bits per heavy atom. The number of hydrogen-bond donors (Lipinski definition) is 4. The monoisotopic (exact) mass is 671 g/mol. The van der Waals surface area contributed by atoms with E-state index in [1.54, 1.807) is 19.1 Å². The number of nitrogen functional groups attached to an aromatic ring is 1. The maximum absolute atomic E-state index is 14.3. The fourth-order valence-corrected chi connectivity index (χ4v) is 6.32. The average Bonchev–Trinajstić information content (AvgIpc) is 3.63. The molecule has 1 aliphatic heterocycles. The van der Waals surface area contributed by atoms with Gasteiger partial charge in [0, 0.05) is 36.3 Å². The second-order valence-corrected chi connectivity index (χ2v) is 11.3. The van der Waals surface area contributed by atoms with Crippen LogP contribution in [0.15, 0.2) is 29.5 Å². The summed E-state index contributed by atoms with van der Waals surface area (Å²) in [7, 11) is 7.02. The first kappa shape index (κ1) is 33.2. The molecular weight excluding hydrogens is 638 g/mol. The zero-order chi connectivity index (χ0) is 34.2. The summed E-state index contributed by atoms with van der Waals surface area (Å²) in [5, 5.41) is 21.2. The fourth-order valence-electron chi connectivity index (χ4n) is 6.06. The van der Waals surface area contributed by atoms with Gasteiger partial charge in [0.1, 0.15) is 27.9 Å². The number of allylic oxidation sites excluding steroid dienone is 1. The van der Waals surface area contributed by atoms with E-state index in [4.69, 9.17) is 45.8 Å². The van der Waals surface area contributed by atoms with Gasteiger partial charge in [0.15, 0.2) is 28.8 Å². The van der Waals surface area contributed by atoms with E-state index in [1.165, 1.54) is 41.6 Å². The number of fused-ring (bicyclic) bond motifs is 1. The number of nitrogens with one attached hydrogen (secondary N) is 2. The zero-order valence-corrected chi connectivity index (χ0v) is 27.2. The van der Waals surface area contributed by atoms with Crippen LogP contribution in [0.5, 0.6) is 34.5 Å². The molecule has 2 aromatic carbocycles. The van der Waals surface area contributed by atoms with Crippen molar-refractivity contribution in [3.63, 3.8) is 0 Å². The Balaban J connectivity index is 1.68. The molecule has 1 unspecified atom stereocenters. The Hall–Kier alpha value is -5.18. The number of amides is 1. The Bertz CT molecular complexity index is 1760. The molecule has 1 aliphatic carbocycles. The minimum atomic E-state index is -2.07. The van der Waals surface area contributed by atoms with Crippen molar-refractivity contribution in [1.29, 1.82) is 0 Å². The normalized spacial score (nSPS) is 19.3. The number of methoxy groups -OCH3 is 5. The van der Waals surface area contributed by atoms with Crippen molar-refractivity contribution in [2.75, 3.05) is 41.3 Å². The minimum absolute atomic E-state index is 0.00317. The number of halogens is 1. The zero-order valence-electron chi connectivity index (χ0n) is 26.5. The van der Waals surface area contributed by atoms with Gasteiger partial charge in [-0.05, 0) is 17.7 Å². The summed E-state index contributed by atoms with van der Waals surface area (Å²) in [6, 6.07) is 4.56. The number of benzene rings is 2. The van der Waals surface area contributed by atoms with Crippen molar-refractivity contribution in [3.05, 3.63) is 51.5 Å². The maximum atomic E-state index is 14.3. The maximum Gasteiger partial charge on any atom is 0.239 e. The number of aliphatic hydroxyl groups is 1. The van der Waals surface area contributed by atoms with Gasteiger partial charge in [-0.3, -0.25) is 19.5 Å². The number of H-pyrrole nitrogens is 1. The molecule has 1 amide bonds. The van der Waals surface area contributed by atoms with E-state index in [-0.39, 0.29) is 76.0 Å². The highest BCUT2D eigenvalue weighted by Gasteiger charge is 2.61. The third-order valence-corrected chi connectivity index (χ3v) is 8.70. The molecule has 0 fully saturated rings. The second-order valence-electron chi connectivity index (χ2n) is 10.9. The molecule has 3 atom stereocenters. The molecule has 0 saturated carbocycles. The molecule has 5 rings (SSSR count). The predicted octanol–water partition coefficient (Wildman–Crippen LogP) is 3.31. The SMILES string of the molecule is COc1cc(OC)c2c(c1Cl)O[C@]1(C2=O)C(O)=C(C(CC(=O)NCc2nc(N)n[nH]2)c2cc(OC)c(OC)c(OC)c2)C(=O)C[C@H]1C. The van der Waals surface area contributed by atoms with Crippen molar-refractivity contribution >= 4 is 35.0 Å². The number of hydrogen-bond acceptors (Lipinski definition) is 13. The van der Waals surface area contributed by atoms with Crippen molar-refractivity contribution in [3.8, 4) is 34.5 Å². The standard InChI is InChI=1S/C31H34ClN5O10/c1-13-7-16(38)23(28(40)31(13)29(41)24-17(42-2)11-18(43-3)25(32)27(24)47-31)15(10-22(39)34-12-21-35-30(33)37-36-21)14-8-19(44-4)26(46-6)20(9-14)45-5/h8-9,11,13,15,40H,7,10,12H2,1-6H3,(H,34,39)(H3,33,35,36,37)/t13-,15?,31+/m1/s1. The molecule has 2 heterocycles. The van der Waals surface area contributed by atoms with Gasteiger partial charge < -0.3 is 44.6 Å². The van der Waals surface area contributed by atoms with Crippen LogP contribution in [-0.2, 0) is 16.1 Å². The summed E-state index contributed by atoms with van der Waals surface area (Å²) in [6.07, 6.45) is -0.576. The molecule has 5 N–H and O–H groups in total. The van der Waals surface area contributed by atoms with Crippen LogP contribution in [-0.4, -0.2) is 78.9 Å². The lowest BCUT2D eigenvalue weighted by atomic mass is 9.69. The Kier molecular flexibility index (Phi) is 9.11. The lowest BCUT2D eigenvalue weighted by Gasteiger charge is -2.38. The Labute approximate surface area is 274 Å². The van der Waals surface area contributed by atoms with Crippen molar-refractivity contribution in [2.24, 2.45) is 5.92 Å². The van der Waals surface area contributed by atoms with E-state index in [9.17, 15) is 19.5 Å². The molecule has 1 aromatic heterocycles. The smallest absolute Gasteiger partial charge is 0.239 e. The third-order valence-electron chi connectivity index (χ3n) is 8.34. The fraction of sp³-hybridized carbons (Fsp3) is 0.387. The first-order valence-electron chi connectivity index (χ1n) is 14.3. The topological polar surface area (TPSA) is 206 Å². The molecule has 0 bridgehead atoms. The summed E-state index contributed by atoms with van der Waals surface area (Å²) in [6.45, 7) is 1.55. The number of aliphatic hydroxyl groups excluding tert-OH is 1. The van der Waals surface area contributed by atoms with Crippen LogP contribution in [0.4, 0.5) is 5.95 Å². The van der Waals surface area contributed by atoms with Crippen molar-refractivity contribution in [1.82, 2.24) is 20.5 Å². The first-order chi connectivity index (χ1) is 22.4. The highest BCUT2D eigenvalue weighted by molar-refractivity contribution is 6.35. The van der Waals surface area contributed by atoms with Gasteiger partial charge in [-0.1, -0.05) is 18.5 Å².